The van der Waals surface area contributed by atoms with Gasteiger partial charge in [-0.25, -0.2) is 4.98 Å². The minimum absolute atomic E-state index is 0.0549. The molecule has 110 valence electrons. The molecule has 0 saturated carbocycles. The maximum atomic E-state index is 12.2. The molecular weight excluding hydrogens is 276 g/mol. The Morgan fingerprint density at radius 3 is 2.60 bits per heavy atom. The standard InChI is InChI=1S/C15H21ClN2O2/c1-14(2,3)11-5-10(6-12(16)18-11)13(19)17-7-15(4)8-20-9-15/h5-6H,7-9H2,1-4H3,(H,17,19). The normalized spacial score (nSPS) is 17.4. The van der Waals surface area contributed by atoms with Gasteiger partial charge in [0.1, 0.15) is 5.15 Å². The predicted molar refractivity (Wildman–Crippen MR) is 79.2 cm³/mol. The van der Waals surface area contributed by atoms with Gasteiger partial charge < -0.3 is 10.1 Å². The molecule has 2 rings (SSSR count). The average molecular weight is 297 g/mol. The van der Waals surface area contributed by atoms with Gasteiger partial charge >= 0.3 is 0 Å². The molecule has 1 fully saturated rings. The number of amides is 1. The molecule has 5 heteroatoms. The van der Waals surface area contributed by atoms with Crippen molar-refractivity contribution >= 4 is 17.5 Å². The number of pyridine rings is 1. The van der Waals surface area contributed by atoms with Gasteiger partial charge in [0.05, 0.1) is 13.2 Å². The Balaban J connectivity index is 2.11. The van der Waals surface area contributed by atoms with E-state index in [9.17, 15) is 4.79 Å². The molecule has 0 aromatic carbocycles. The van der Waals surface area contributed by atoms with Gasteiger partial charge in [-0.05, 0) is 12.1 Å². The number of rotatable bonds is 3. The highest BCUT2D eigenvalue weighted by molar-refractivity contribution is 6.29. The third-order valence-electron chi connectivity index (χ3n) is 3.40. The van der Waals surface area contributed by atoms with Gasteiger partial charge in [-0.1, -0.05) is 39.3 Å². The molecule has 1 saturated heterocycles. The van der Waals surface area contributed by atoms with Crippen LogP contribution in [0, 0.1) is 5.41 Å². The largest absolute Gasteiger partial charge is 0.380 e. The second kappa shape index (κ2) is 5.34. The molecular formula is C15H21ClN2O2. The lowest BCUT2D eigenvalue weighted by Gasteiger charge is -2.38. The Labute approximate surface area is 124 Å². The predicted octanol–water partition coefficient (Wildman–Crippen LogP) is 2.80. The van der Waals surface area contributed by atoms with E-state index in [0.29, 0.717) is 30.5 Å². The molecule has 0 unspecified atom stereocenters. The summed E-state index contributed by atoms with van der Waals surface area (Å²) in [5.41, 5.74) is 1.28. The van der Waals surface area contributed by atoms with E-state index >= 15 is 0 Å². The summed E-state index contributed by atoms with van der Waals surface area (Å²) in [7, 11) is 0. The van der Waals surface area contributed by atoms with E-state index in [2.05, 4.69) is 17.2 Å². The van der Waals surface area contributed by atoms with Crippen molar-refractivity contribution in [1.29, 1.82) is 0 Å². The third kappa shape index (κ3) is 3.49. The van der Waals surface area contributed by atoms with E-state index in [0.717, 1.165) is 5.69 Å². The number of nitrogens with one attached hydrogen (secondary N) is 1. The molecule has 0 spiro atoms. The van der Waals surface area contributed by atoms with Crippen LogP contribution < -0.4 is 5.32 Å². The van der Waals surface area contributed by atoms with E-state index in [1.165, 1.54) is 0 Å². The number of hydrogen-bond donors (Lipinski definition) is 1. The van der Waals surface area contributed by atoms with Crippen molar-refractivity contribution in [2.24, 2.45) is 5.41 Å². The fraction of sp³-hybridized carbons (Fsp3) is 0.600. The van der Waals surface area contributed by atoms with Crippen LogP contribution in [0.5, 0.6) is 0 Å². The van der Waals surface area contributed by atoms with Crippen LogP contribution in [0.25, 0.3) is 0 Å². The summed E-state index contributed by atoms with van der Waals surface area (Å²) in [4.78, 5) is 16.5. The molecule has 2 heterocycles. The number of aromatic nitrogens is 1. The van der Waals surface area contributed by atoms with Gasteiger partial charge in [-0.2, -0.15) is 0 Å². The van der Waals surface area contributed by atoms with Crippen molar-refractivity contribution in [3.05, 3.63) is 28.5 Å². The first-order chi connectivity index (χ1) is 9.20. The lowest BCUT2D eigenvalue weighted by Crippen LogP contribution is -2.48. The molecule has 0 aliphatic carbocycles. The van der Waals surface area contributed by atoms with Crippen LogP contribution in [-0.2, 0) is 10.2 Å². The number of carbonyl (C=O) groups excluding carboxylic acids is 1. The highest BCUT2D eigenvalue weighted by Crippen LogP contribution is 2.26. The second-order valence-electron chi connectivity index (χ2n) is 6.80. The molecule has 1 aliphatic heterocycles. The number of carbonyl (C=O) groups is 1. The molecule has 1 aromatic heterocycles. The second-order valence-corrected chi connectivity index (χ2v) is 7.19. The molecule has 1 N–H and O–H groups in total. The average Bonchev–Trinajstić information content (AvgIpc) is 2.31. The molecule has 1 aliphatic rings. The summed E-state index contributed by atoms with van der Waals surface area (Å²) in [5, 5.41) is 3.29. The third-order valence-corrected chi connectivity index (χ3v) is 3.60. The lowest BCUT2D eigenvalue weighted by molar-refractivity contribution is -0.0978. The van der Waals surface area contributed by atoms with E-state index in [1.54, 1.807) is 12.1 Å². The molecule has 1 amide bonds. The van der Waals surface area contributed by atoms with Crippen molar-refractivity contribution in [3.8, 4) is 0 Å². The number of halogens is 1. The van der Waals surface area contributed by atoms with Crippen LogP contribution in [0.1, 0.15) is 43.7 Å². The van der Waals surface area contributed by atoms with E-state index in [-0.39, 0.29) is 16.7 Å². The fourth-order valence-electron chi connectivity index (χ4n) is 1.96. The first kappa shape index (κ1) is 15.3. The monoisotopic (exact) mass is 296 g/mol. The van der Waals surface area contributed by atoms with Crippen molar-refractivity contribution in [2.45, 2.75) is 33.1 Å². The summed E-state index contributed by atoms with van der Waals surface area (Å²) < 4.78 is 5.18. The number of ether oxygens (including phenoxy) is 1. The van der Waals surface area contributed by atoms with Gasteiger partial charge in [0.2, 0.25) is 0 Å². The summed E-state index contributed by atoms with van der Waals surface area (Å²) >= 11 is 6.02. The SMILES string of the molecule is CC1(CNC(=O)c2cc(Cl)nc(C(C)(C)C)c2)COC1. The maximum Gasteiger partial charge on any atom is 0.251 e. The fourth-order valence-corrected chi connectivity index (χ4v) is 2.17. The van der Waals surface area contributed by atoms with Crippen LogP contribution in [0.3, 0.4) is 0 Å². The first-order valence-corrected chi connectivity index (χ1v) is 7.11. The van der Waals surface area contributed by atoms with E-state index in [4.69, 9.17) is 16.3 Å². The van der Waals surface area contributed by atoms with Crippen molar-refractivity contribution < 1.29 is 9.53 Å². The Morgan fingerprint density at radius 2 is 2.10 bits per heavy atom. The van der Waals surface area contributed by atoms with E-state index in [1.807, 2.05) is 20.8 Å². The zero-order valence-electron chi connectivity index (χ0n) is 12.4. The first-order valence-electron chi connectivity index (χ1n) is 6.74. The lowest BCUT2D eigenvalue weighted by atomic mass is 9.88. The molecule has 4 nitrogen and oxygen atoms in total. The van der Waals surface area contributed by atoms with Crippen LogP contribution in [0.2, 0.25) is 5.15 Å². The van der Waals surface area contributed by atoms with Crippen molar-refractivity contribution in [3.63, 3.8) is 0 Å². The Bertz CT molecular complexity index is 519. The Kier molecular flexibility index (Phi) is 4.07. The minimum Gasteiger partial charge on any atom is -0.380 e. The molecule has 0 atom stereocenters. The zero-order valence-corrected chi connectivity index (χ0v) is 13.2. The molecule has 0 bridgehead atoms. The quantitative estimate of drug-likeness (QED) is 0.873. The Morgan fingerprint density at radius 1 is 1.45 bits per heavy atom. The van der Waals surface area contributed by atoms with Crippen LogP contribution in [-0.4, -0.2) is 30.6 Å². The highest BCUT2D eigenvalue weighted by Gasteiger charge is 2.33. The highest BCUT2D eigenvalue weighted by atomic mass is 35.5. The van der Waals surface area contributed by atoms with Crippen molar-refractivity contribution in [2.75, 3.05) is 19.8 Å². The molecule has 20 heavy (non-hydrogen) atoms. The smallest absolute Gasteiger partial charge is 0.251 e. The van der Waals surface area contributed by atoms with Gasteiger partial charge in [0, 0.05) is 28.6 Å². The topological polar surface area (TPSA) is 51.2 Å². The van der Waals surface area contributed by atoms with Gasteiger partial charge in [0.25, 0.3) is 5.91 Å². The van der Waals surface area contributed by atoms with Crippen LogP contribution in [0.15, 0.2) is 12.1 Å². The summed E-state index contributed by atoms with van der Waals surface area (Å²) in [6, 6.07) is 3.41. The van der Waals surface area contributed by atoms with E-state index < -0.39 is 0 Å². The minimum atomic E-state index is -0.145. The van der Waals surface area contributed by atoms with Crippen molar-refractivity contribution in [1.82, 2.24) is 10.3 Å². The van der Waals surface area contributed by atoms with Crippen LogP contribution in [0.4, 0.5) is 0 Å². The number of nitrogens with zero attached hydrogens (tertiary/aromatic N) is 1. The van der Waals surface area contributed by atoms with Gasteiger partial charge in [0.15, 0.2) is 0 Å². The Hall–Kier alpha value is -1.13. The maximum absolute atomic E-state index is 12.2. The summed E-state index contributed by atoms with van der Waals surface area (Å²) in [6.07, 6.45) is 0. The van der Waals surface area contributed by atoms with Gasteiger partial charge in [-0.15, -0.1) is 0 Å². The zero-order chi connectivity index (χ0) is 15.0. The van der Waals surface area contributed by atoms with Gasteiger partial charge in [-0.3, -0.25) is 4.79 Å². The van der Waals surface area contributed by atoms with Crippen LogP contribution >= 0.6 is 11.6 Å². The summed E-state index contributed by atoms with van der Waals surface area (Å²) in [6.45, 7) is 10.2. The molecule has 0 radical (unpaired) electrons. The number of hydrogen-bond acceptors (Lipinski definition) is 3. The summed E-state index contributed by atoms with van der Waals surface area (Å²) in [5.74, 6) is -0.118. The molecule has 1 aromatic rings.